The van der Waals surface area contributed by atoms with Crippen LogP contribution in [0.25, 0.3) is 0 Å². The van der Waals surface area contributed by atoms with Crippen molar-refractivity contribution >= 4 is 40.8 Å². The second-order valence-electron chi connectivity index (χ2n) is 5.24. The molecule has 2 aromatic rings. The SMILES string of the molecule is O=C(COC(=O)CCCOc1ccc(Cl)cc1Cl)Nc1ccc(F)cc1. The zero-order chi connectivity index (χ0) is 18.9. The molecule has 0 atom stereocenters. The second kappa shape index (κ2) is 9.99. The molecule has 5 nitrogen and oxygen atoms in total. The molecule has 8 heteroatoms. The molecule has 0 spiro atoms. The quantitative estimate of drug-likeness (QED) is 0.525. The van der Waals surface area contributed by atoms with Crippen LogP contribution in [0.5, 0.6) is 5.75 Å². The van der Waals surface area contributed by atoms with Gasteiger partial charge in [-0.3, -0.25) is 9.59 Å². The molecule has 0 aliphatic carbocycles. The van der Waals surface area contributed by atoms with Crippen molar-refractivity contribution in [3.05, 3.63) is 58.3 Å². The number of hydrogen-bond acceptors (Lipinski definition) is 4. The Balaban J connectivity index is 1.62. The zero-order valence-electron chi connectivity index (χ0n) is 13.6. The highest BCUT2D eigenvalue weighted by Gasteiger charge is 2.09. The van der Waals surface area contributed by atoms with Crippen molar-refractivity contribution in [2.45, 2.75) is 12.8 Å². The maximum atomic E-state index is 12.8. The topological polar surface area (TPSA) is 64.6 Å². The number of nitrogens with one attached hydrogen (secondary N) is 1. The van der Waals surface area contributed by atoms with Gasteiger partial charge in [-0.25, -0.2) is 4.39 Å². The lowest BCUT2D eigenvalue weighted by atomic mass is 10.3. The van der Waals surface area contributed by atoms with Gasteiger partial charge in [-0.05, 0) is 48.9 Å². The fourth-order valence-corrected chi connectivity index (χ4v) is 2.40. The standard InChI is InChI=1S/C18H16Cl2FNO4/c19-12-3-8-16(15(20)10-12)25-9-1-2-18(24)26-11-17(23)22-14-6-4-13(21)5-7-14/h3-8,10H,1-2,9,11H2,(H,22,23). The minimum atomic E-state index is -0.523. The molecule has 0 saturated heterocycles. The van der Waals surface area contributed by atoms with E-state index in [2.05, 4.69) is 5.32 Å². The predicted molar refractivity (Wildman–Crippen MR) is 97.2 cm³/mol. The van der Waals surface area contributed by atoms with Gasteiger partial charge in [0.25, 0.3) is 5.91 Å². The smallest absolute Gasteiger partial charge is 0.306 e. The van der Waals surface area contributed by atoms with Crippen LogP contribution in [0, 0.1) is 5.82 Å². The largest absolute Gasteiger partial charge is 0.492 e. The molecule has 0 saturated carbocycles. The zero-order valence-corrected chi connectivity index (χ0v) is 15.1. The number of halogens is 3. The van der Waals surface area contributed by atoms with Crippen molar-refractivity contribution in [3.8, 4) is 5.75 Å². The number of rotatable bonds is 8. The van der Waals surface area contributed by atoms with Gasteiger partial charge in [0, 0.05) is 17.1 Å². The molecule has 0 heterocycles. The highest BCUT2D eigenvalue weighted by atomic mass is 35.5. The third kappa shape index (κ3) is 6.90. The Labute approximate surface area is 160 Å². The van der Waals surface area contributed by atoms with E-state index in [0.29, 0.717) is 27.9 Å². The van der Waals surface area contributed by atoms with E-state index in [1.165, 1.54) is 24.3 Å². The minimum Gasteiger partial charge on any atom is -0.492 e. The summed E-state index contributed by atoms with van der Waals surface area (Å²) >= 11 is 11.8. The van der Waals surface area contributed by atoms with Crippen LogP contribution >= 0.6 is 23.2 Å². The number of amides is 1. The van der Waals surface area contributed by atoms with E-state index >= 15 is 0 Å². The summed E-state index contributed by atoms with van der Waals surface area (Å²) in [5.41, 5.74) is 0.417. The molecule has 0 bridgehead atoms. The Morgan fingerprint density at radius 1 is 1.08 bits per heavy atom. The van der Waals surface area contributed by atoms with Crippen molar-refractivity contribution in [1.82, 2.24) is 0 Å². The number of ether oxygens (including phenoxy) is 2. The maximum absolute atomic E-state index is 12.8. The maximum Gasteiger partial charge on any atom is 0.306 e. The molecule has 0 aliphatic heterocycles. The predicted octanol–water partition coefficient (Wildman–Crippen LogP) is 4.47. The van der Waals surface area contributed by atoms with E-state index in [0.717, 1.165) is 0 Å². The summed E-state index contributed by atoms with van der Waals surface area (Å²) in [7, 11) is 0. The first-order valence-electron chi connectivity index (χ1n) is 7.73. The van der Waals surface area contributed by atoms with Gasteiger partial charge in [0.15, 0.2) is 6.61 Å². The van der Waals surface area contributed by atoms with Crippen molar-refractivity contribution in [1.29, 1.82) is 0 Å². The molecule has 0 aromatic heterocycles. The molecule has 0 radical (unpaired) electrons. The Bertz CT molecular complexity index is 768. The van der Waals surface area contributed by atoms with Crippen LogP contribution in [0.15, 0.2) is 42.5 Å². The summed E-state index contributed by atoms with van der Waals surface area (Å²) < 4.78 is 23.1. The molecule has 2 rings (SSSR count). The molecular formula is C18H16Cl2FNO4. The van der Waals surface area contributed by atoms with E-state index < -0.39 is 24.3 Å². The molecule has 1 N–H and O–H groups in total. The highest BCUT2D eigenvalue weighted by molar-refractivity contribution is 6.35. The summed E-state index contributed by atoms with van der Waals surface area (Å²) in [6, 6.07) is 10.1. The van der Waals surface area contributed by atoms with Gasteiger partial charge < -0.3 is 14.8 Å². The van der Waals surface area contributed by atoms with Crippen LogP contribution in [0.2, 0.25) is 10.0 Å². The van der Waals surface area contributed by atoms with Crippen molar-refractivity contribution in [3.63, 3.8) is 0 Å². The van der Waals surface area contributed by atoms with Gasteiger partial charge in [0.1, 0.15) is 11.6 Å². The fourth-order valence-electron chi connectivity index (χ4n) is 1.94. The van der Waals surface area contributed by atoms with Crippen LogP contribution in [0.4, 0.5) is 10.1 Å². The first kappa shape index (κ1) is 20.0. The molecule has 0 aliphatic rings. The summed E-state index contributed by atoms with van der Waals surface area (Å²) in [4.78, 5) is 23.3. The Morgan fingerprint density at radius 2 is 1.81 bits per heavy atom. The third-order valence-electron chi connectivity index (χ3n) is 3.17. The summed E-state index contributed by atoms with van der Waals surface area (Å²) in [5.74, 6) is -0.959. The second-order valence-corrected chi connectivity index (χ2v) is 6.09. The average molecular weight is 400 g/mol. The lowest BCUT2D eigenvalue weighted by Crippen LogP contribution is -2.21. The van der Waals surface area contributed by atoms with Gasteiger partial charge in [0.2, 0.25) is 0 Å². The van der Waals surface area contributed by atoms with E-state index in [9.17, 15) is 14.0 Å². The highest BCUT2D eigenvalue weighted by Crippen LogP contribution is 2.27. The van der Waals surface area contributed by atoms with Crippen LogP contribution < -0.4 is 10.1 Å². The molecule has 1 amide bonds. The van der Waals surface area contributed by atoms with Crippen LogP contribution in [-0.2, 0) is 14.3 Å². The van der Waals surface area contributed by atoms with Crippen LogP contribution in [-0.4, -0.2) is 25.1 Å². The van der Waals surface area contributed by atoms with E-state index in [-0.39, 0.29) is 13.0 Å². The van der Waals surface area contributed by atoms with E-state index in [1.54, 1.807) is 18.2 Å². The molecule has 0 fully saturated rings. The molecule has 26 heavy (non-hydrogen) atoms. The third-order valence-corrected chi connectivity index (χ3v) is 3.70. The number of benzene rings is 2. The van der Waals surface area contributed by atoms with Gasteiger partial charge >= 0.3 is 5.97 Å². The van der Waals surface area contributed by atoms with Gasteiger partial charge in [-0.2, -0.15) is 0 Å². The Hall–Kier alpha value is -2.31. The van der Waals surface area contributed by atoms with Crippen molar-refractivity contribution < 1.29 is 23.5 Å². The van der Waals surface area contributed by atoms with Gasteiger partial charge in [0.05, 0.1) is 11.6 Å². The van der Waals surface area contributed by atoms with Gasteiger partial charge in [-0.1, -0.05) is 23.2 Å². The lowest BCUT2D eigenvalue weighted by molar-refractivity contribution is -0.147. The molecular weight excluding hydrogens is 384 g/mol. The molecule has 138 valence electrons. The first-order chi connectivity index (χ1) is 12.4. The number of carbonyl (C=O) groups excluding carboxylic acids is 2. The van der Waals surface area contributed by atoms with E-state index in [1.807, 2.05) is 0 Å². The first-order valence-corrected chi connectivity index (χ1v) is 8.48. The summed E-state index contributed by atoms with van der Waals surface area (Å²) in [6.45, 7) is -0.154. The van der Waals surface area contributed by atoms with Gasteiger partial charge in [-0.15, -0.1) is 0 Å². The number of hydrogen-bond donors (Lipinski definition) is 1. The summed E-state index contributed by atoms with van der Waals surface area (Å²) in [6.07, 6.45) is 0.492. The fraction of sp³-hybridized carbons (Fsp3) is 0.222. The molecule has 2 aromatic carbocycles. The minimum absolute atomic E-state index is 0.0923. The average Bonchev–Trinajstić information content (AvgIpc) is 2.60. The van der Waals surface area contributed by atoms with Crippen LogP contribution in [0.3, 0.4) is 0 Å². The number of carbonyl (C=O) groups is 2. The Kier molecular flexibility index (Phi) is 7.69. The molecule has 0 unspecified atom stereocenters. The Morgan fingerprint density at radius 3 is 2.50 bits per heavy atom. The van der Waals surface area contributed by atoms with Crippen molar-refractivity contribution in [2.24, 2.45) is 0 Å². The lowest BCUT2D eigenvalue weighted by Gasteiger charge is -2.09. The normalized spacial score (nSPS) is 10.3. The number of esters is 1. The number of anilines is 1. The van der Waals surface area contributed by atoms with Crippen LogP contribution in [0.1, 0.15) is 12.8 Å². The van der Waals surface area contributed by atoms with E-state index in [4.69, 9.17) is 32.7 Å². The summed E-state index contributed by atoms with van der Waals surface area (Å²) in [5, 5.41) is 3.38. The van der Waals surface area contributed by atoms with Crippen molar-refractivity contribution in [2.75, 3.05) is 18.5 Å². The monoisotopic (exact) mass is 399 g/mol.